The van der Waals surface area contributed by atoms with E-state index in [1.807, 2.05) is 5.56 Å². The fourth-order valence-electron chi connectivity index (χ4n) is 6.08. The fourth-order valence-corrected chi connectivity index (χ4v) is 6.46. The van der Waals surface area contributed by atoms with Gasteiger partial charge in [0.05, 0.1) is 0 Å². The number of thiol groups is 1. The van der Waals surface area contributed by atoms with E-state index in [2.05, 4.69) is 12.1 Å². The maximum Gasteiger partial charge on any atom is 0.522 e. The molecule has 3 aliphatic carbocycles. The van der Waals surface area contributed by atoms with E-state index in [0.717, 1.165) is 17.8 Å². The topological polar surface area (TPSA) is 54.4 Å². The van der Waals surface area contributed by atoms with E-state index in [1.165, 1.54) is 101 Å². The molecule has 33 heavy (non-hydrogen) atoms. The van der Waals surface area contributed by atoms with Crippen molar-refractivity contribution in [2.75, 3.05) is 0 Å². The SMILES string of the molecule is O=S(=O)(O)C(F)(F)F.Sc1ccc(C2CCCCC2)c(C2CCCCC2)c1C1CCCCC1. The third-order valence-electron chi connectivity index (χ3n) is 7.66. The summed E-state index contributed by atoms with van der Waals surface area (Å²) >= 11 is 5.01. The molecule has 0 radical (unpaired) electrons. The maximum absolute atomic E-state index is 10.7. The fraction of sp³-hybridized carbons (Fsp3) is 0.760. The zero-order valence-corrected chi connectivity index (χ0v) is 21.0. The smallest absolute Gasteiger partial charge is 0.279 e. The summed E-state index contributed by atoms with van der Waals surface area (Å²) in [7, 11) is -5.84. The monoisotopic (exact) mass is 506 g/mol. The van der Waals surface area contributed by atoms with Gasteiger partial charge in [0.2, 0.25) is 0 Å². The van der Waals surface area contributed by atoms with Crippen molar-refractivity contribution in [1.29, 1.82) is 0 Å². The lowest BCUT2D eigenvalue weighted by Crippen LogP contribution is -2.21. The normalized spacial score (nSPS) is 22.0. The molecule has 3 aliphatic rings. The van der Waals surface area contributed by atoms with Crippen LogP contribution in [0.15, 0.2) is 17.0 Å². The van der Waals surface area contributed by atoms with Crippen LogP contribution in [0.5, 0.6) is 0 Å². The van der Waals surface area contributed by atoms with Crippen molar-refractivity contribution >= 4 is 22.7 Å². The molecule has 3 fully saturated rings. The number of halogens is 3. The minimum absolute atomic E-state index is 0.793. The molecule has 0 heterocycles. The highest BCUT2D eigenvalue weighted by Gasteiger charge is 2.44. The Bertz CT molecular complexity index is 866. The van der Waals surface area contributed by atoms with E-state index >= 15 is 0 Å². The minimum atomic E-state index is -5.84. The third kappa shape index (κ3) is 7.14. The van der Waals surface area contributed by atoms with Gasteiger partial charge in [0.15, 0.2) is 0 Å². The Kier molecular flexibility index (Phi) is 9.61. The average Bonchev–Trinajstić information content (AvgIpc) is 2.80. The average molecular weight is 507 g/mol. The van der Waals surface area contributed by atoms with Crippen LogP contribution in [0.2, 0.25) is 0 Å². The van der Waals surface area contributed by atoms with E-state index in [9.17, 15) is 13.2 Å². The first-order valence-corrected chi connectivity index (χ1v) is 14.4. The van der Waals surface area contributed by atoms with Gasteiger partial charge in [-0.25, -0.2) is 0 Å². The zero-order chi connectivity index (χ0) is 24.1. The molecule has 0 bridgehead atoms. The summed E-state index contributed by atoms with van der Waals surface area (Å²) in [6.07, 6.45) is 21.5. The molecule has 8 heteroatoms. The highest BCUT2D eigenvalue weighted by Crippen LogP contribution is 2.48. The summed E-state index contributed by atoms with van der Waals surface area (Å²) in [4.78, 5) is 1.31. The van der Waals surface area contributed by atoms with Crippen molar-refractivity contribution in [2.24, 2.45) is 0 Å². The molecule has 0 aromatic heterocycles. The molecule has 188 valence electrons. The Hall–Kier alpha value is -0.730. The first-order valence-electron chi connectivity index (χ1n) is 12.5. The van der Waals surface area contributed by atoms with Crippen LogP contribution >= 0.6 is 12.6 Å². The van der Waals surface area contributed by atoms with Gasteiger partial charge in [0.25, 0.3) is 0 Å². The molecule has 0 saturated heterocycles. The molecule has 3 nitrogen and oxygen atoms in total. The summed E-state index contributed by atoms with van der Waals surface area (Å²) in [5, 5.41) is 0. The van der Waals surface area contributed by atoms with Crippen LogP contribution in [0.3, 0.4) is 0 Å². The van der Waals surface area contributed by atoms with E-state index < -0.39 is 15.6 Å². The maximum atomic E-state index is 10.7. The standard InChI is InChI=1S/C24H36S.CHF3O3S/c25-22-17-16-21(18-10-4-1-5-11-18)23(19-12-6-2-7-13-19)24(22)20-14-8-3-9-15-20;2-1(3,4)8(5,6)7/h16-20,25H,1-15H2;(H,5,6,7). The van der Waals surface area contributed by atoms with E-state index in [1.54, 1.807) is 11.1 Å². The lowest BCUT2D eigenvalue weighted by Gasteiger charge is -2.35. The highest BCUT2D eigenvalue weighted by atomic mass is 32.2. The number of hydrogen-bond acceptors (Lipinski definition) is 3. The predicted octanol–water partition coefficient (Wildman–Crippen LogP) is 8.51. The van der Waals surface area contributed by atoms with Crippen LogP contribution in [0.1, 0.15) is 131 Å². The van der Waals surface area contributed by atoms with Gasteiger partial charge in [0, 0.05) is 4.90 Å². The molecular formula is C25H37F3O3S2. The van der Waals surface area contributed by atoms with Crippen LogP contribution < -0.4 is 0 Å². The number of hydrogen-bond donors (Lipinski definition) is 2. The zero-order valence-electron chi connectivity index (χ0n) is 19.2. The Morgan fingerprint density at radius 3 is 1.45 bits per heavy atom. The Balaban J connectivity index is 0.000000331. The van der Waals surface area contributed by atoms with Gasteiger partial charge in [-0.15, -0.1) is 12.6 Å². The molecular weight excluding hydrogens is 469 g/mol. The van der Waals surface area contributed by atoms with E-state index in [-0.39, 0.29) is 0 Å². The Morgan fingerprint density at radius 2 is 1.06 bits per heavy atom. The van der Waals surface area contributed by atoms with Gasteiger partial charge in [-0.3, -0.25) is 4.55 Å². The van der Waals surface area contributed by atoms with Crippen LogP contribution in [-0.4, -0.2) is 18.5 Å². The second kappa shape index (κ2) is 11.8. The first-order chi connectivity index (χ1) is 15.6. The van der Waals surface area contributed by atoms with E-state index in [0.29, 0.717) is 0 Å². The van der Waals surface area contributed by atoms with Gasteiger partial charge < -0.3 is 0 Å². The quantitative estimate of drug-likeness (QED) is 0.245. The molecule has 1 N–H and O–H groups in total. The van der Waals surface area contributed by atoms with Crippen molar-refractivity contribution in [2.45, 2.75) is 124 Å². The Labute approximate surface area is 202 Å². The number of rotatable bonds is 3. The molecule has 0 amide bonds. The van der Waals surface area contributed by atoms with Crippen molar-refractivity contribution in [1.82, 2.24) is 0 Å². The summed E-state index contributed by atoms with van der Waals surface area (Å²) in [5.74, 6) is 2.46. The number of alkyl halides is 3. The minimum Gasteiger partial charge on any atom is -0.279 e. The second-order valence-electron chi connectivity index (χ2n) is 9.93. The highest BCUT2D eigenvalue weighted by molar-refractivity contribution is 7.86. The third-order valence-corrected chi connectivity index (χ3v) is 8.64. The first kappa shape index (κ1) is 26.9. The van der Waals surface area contributed by atoms with Gasteiger partial charge in [-0.05, 0) is 79.0 Å². The molecule has 1 aromatic rings. The molecule has 1 aromatic carbocycles. The Morgan fingerprint density at radius 1 is 0.697 bits per heavy atom. The number of benzene rings is 1. The van der Waals surface area contributed by atoms with Crippen LogP contribution in [0.4, 0.5) is 13.2 Å². The van der Waals surface area contributed by atoms with Crippen molar-refractivity contribution in [3.63, 3.8) is 0 Å². The van der Waals surface area contributed by atoms with Gasteiger partial charge >= 0.3 is 15.6 Å². The van der Waals surface area contributed by atoms with Gasteiger partial charge in [-0.1, -0.05) is 63.9 Å². The van der Waals surface area contributed by atoms with Crippen LogP contribution in [0, 0.1) is 0 Å². The molecule has 0 spiro atoms. The van der Waals surface area contributed by atoms with E-state index in [4.69, 9.17) is 25.6 Å². The lowest BCUT2D eigenvalue weighted by molar-refractivity contribution is -0.0510. The predicted molar refractivity (Wildman–Crippen MR) is 129 cm³/mol. The van der Waals surface area contributed by atoms with Gasteiger partial charge in [-0.2, -0.15) is 21.6 Å². The van der Waals surface area contributed by atoms with Gasteiger partial charge in [0.1, 0.15) is 0 Å². The molecule has 3 saturated carbocycles. The van der Waals surface area contributed by atoms with Crippen molar-refractivity contribution in [3.05, 3.63) is 28.8 Å². The molecule has 0 aliphatic heterocycles. The molecule has 0 atom stereocenters. The lowest BCUT2D eigenvalue weighted by atomic mass is 9.71. The largest absolute Gasteiger partial charge is 0.522 e. The van der Waals surface area contributed by atoms with Crippen molar-refractivity contribution in [3.8, 4) is 0 Å². The van der Waals surface area contributed by atoms with Crippen LogP contribution in [0.25, 0.3) is 0 Å². The summed E-state index contributed by atoms with van der Waals surface area (Å²) in [5.41, 5.74) is -0.263. The van der Waals surface area contributed by atoms with Crippen molar-refractivity contribution < 1.29 is 26.1 Å². The molecule has 4 rings (SSSR count). The summed E-state index contributed by atoms with van der Waals surface area (Å²) in [6.45, 7) is 0. The summed E-state index contributed by atoms with van der Waals surface area (Å²) in [6, 6.07) is 4.86. The van der Waals surface area contributed by atoms with Crippen LogP contribution in [-0.2, 0) is 10.1 Å². The second-order valence-corrected chi connectivity index (χ2v) is 11.8. The molecule has 0 unspecified atom stereocenters. The summed E-state index contributed by atoms with van der Waals surface area (Å²) < 4.78 is 57.5.